The van der Waals surface area contributed by atoms with Gasteiger partial charge in [-0.15, -0.1) is 0 Å². The smallest absolute Gasteiger partial charge is 0.330 e. The molecule has 25 heavy (non-hydrogen) atoms. The number of unbranched alkanes of at least 4 members (excludes halogenated alkanes) is 2. The first-order valence-electron chi connectivity index (χ1n) is 9.29. The van der Waals surface area contributed by atoms with E-state index in [1.165, 1.54) is 0 Å². The number of carbonyl (C=O) groups is 1. The summed E-state index contributed by atoms with van der Waals surface area (Å²) in [5.41, 5.74) is 0. The second kappa shape index (κ2) is 12.4. The minimum Gasteiger partial charge on any atom is -0.748 e. The molecule has 148 valence electrons. The molecular formula is C18H35NO5S. The SMILES string of the molecule is C=CC(=O)OC(C)CC[N+](CCCC)(CCCC)CCCS(=O)(=O)[O-]. The van der Waals surface area contributed by atoms with Crippen molar-refractivity contribution in [1.82, 2.24) is 0 Å². The van der Waals surface area contributed by atoms with E-state index in [1.807, 2.05) is 6.92 Å². The number of rotatable bonds is 15. The lowest BCUT2D eigenvalue weighted by molar-refractivity contribution is -0.929. The zero-order chi connectivity index (χ0) is 19.3. The standard InChI is InChI=1S/C18H35NO5S/c1-5-8-12-19(13-9-6-2,14-10-16-25(21,22)23)15-11-17(4)24-18(20)7-3/h7,17H,3,5-6,8-16H2,1-2,4H3. The van der Waals surface area contributed by atoms with Crippen molar-refractivity contribution in [2.45, 2.75) is 65.4 Å². The van der Waals surface area contributed by atoms with Gasteiger partial charge in [0, 0.05) is 24.7 Å². The lowest BCUT2D eigenvalue weighted by atomic mass is 10.1. The van der Waals surface area contributed by atoms with Crippen LogP contribution in [0, 0.1) is 0 Å². The highest BCUT2D eigenvalue weighted by atomic mass is 32.2. The minimum atomic E-state index is -4.18. The lowest BCUT2D eigenvalue weighted by Crippen LogP contribution is -2.51. The van der Waals surface area contributed by atoms with Crippen LogP contribution in [0.5, 0.6) is 0 Å². The van der Waals surface area contributed by atoms with E-state index < -0.39 is 16.1 Å². The molecule has 0 aromatic carbocycles. The Kier molecular flexibility index (Phi) is 12.0. The Balaban J connectivity index is 4.95. The second-order valence-electron chi connectivity index (χ2n) is 6.80. The average Bonchev–Trinajstić information content (AvgIpc) is 2.54. The molecule has 0 spiro atoms. The number of ether oxygens (including phenoxy) is 1. The van der Waals surface area contributed by atoms with Crippen molar-refractivity contribution in [1.29, 1.82) is 0 Å². The number of quaternary nitrogens is 1. The van der Waals surface area contributed by atoms with Crippen molar-refractivity contribution in [2.24, 2.45) is 0 Å². The molecule has 0 rings (SSSR count). The van der Waals surface area contributed by atoms with Crippen LogP contribution >= 0.6 is 0 Å². The highest BCUT2D eigenvalue weighted by Crippen LogP contribution is 2.17. The van der Waals surface area contributed by atoms with E-state index in [4.69, 9.17) is 4.74 Å². The summed E-state index contributed by atoms with van der Waals surface area (Å²) >= 11 is 0. The van der Waals surface area contributed by atoms with Crippen molar-refractivity contribution in [2.75, 3.05) is 31.9 Å². The molecule has 0 amide bonds. The Labute approximate surface area is 153 Å². The fourth-order valence-corrected chi connectivity index (χ4v) is 3.48. The predicted molar refractivity (Wildman–Crippen MR) is 99.1 cm³/mol. The van der Waals surface area contributed by atoms with Gasteiger partial charge in [-0.25, -0.2) is 13.2 Å². The monoisotopic (exact) mass is 377 g/mol. The molecule has 1 unspecified atom stereocenters. The van der Waals surface area contributed by atoms with Gasteiger partial charge in [-0.05, 0) is 19.8 Å². The molecule has 0 aromatic heterocycles. The van der Waals surface area contributed by atoms with Crippen molar-refractivity contribution in [3.8, 4) is 0 Å². The molecular weight excluding hydrogens is 342 g/mol. The molecule has 0 N–H and O–H groups in total. The number of hydrogen-bond acceptors (Lipinski definition) is 5. The third kappa shape index (κ3) is 12.1. The van der Waals surface area contributed by atoms with E-state index in [0.29, 0.717) is 19.4 Å². The predicted octanol–water partition coefficient (Wildman–Crippen LogP) is 2.85. The van der Waals surface area contributed by atoms with E-state index in [2.05, 4.69) is 20.4 Å². The number of esters is 1. The van der Waals surface area contributed by atoms with Gasteiger partial charge in [0.1, 0.15) is 6.10 Å². The first-order chi connectivity index (χ1) is 11.7. The quantitative estimate of drug-likeness (QED) is 0.190. The molecule has 0 saturated carbocycles. The molecule has 0 aliphatic rings. The maximum Gasteiger partial charge on any atom is 0.330 e. The zero-order valence-electron chi connectivity index (χ0n) is 16.0. The van der Waals surface area contributed by atoms with Crippen molar-refractivity contribution in [3.05, 3.63) is 12.7 Å². The summed E-state index contributed by atoms with van der Waals surface area (Å²) < 4.78 is 38.8. The van der Waals surface area contributed by atoms with Crippen LogP contribution < -0.4 is 0 Å². The lowest BCUT2D eigenvalue weighted by Gasteiger charge is -2.40. The molecule has 0 aliphatic heterocycles. The summed E-state index contributed by atoms with van der Waals surface area (Å²) in [7, 11) is -4.18. The van der Waals surface area contributed by atoms with Gasteiger partial charge in [-0.3, -0.25) is 0 Å². The van der Waals surface area contributed by atoms with Gasteiger partial charge in [-0.2, -0.15) is 0 Å². The van der Waals surface area contributed by atoms with Gasteiger partial charge in [0.15, 0.2) is 0 Å². The molecule has 0 aromatic rings. The van der Waals surface area contributed by atoms with E-state index in [0.717, 1.165) is 55.9 Å². The summed E-state index contributed by atoms with van der Waals surface area (Å²) in [6.45, 7) is 12.9. The minimum absolute atomic E-state index is 0.213. The van der Waals surface area contributed by atoms with Crippen molar-refractivity contribution >= 4 is 16.1 Å². The van der Waals surface area contributed by atoms with Gasteiger partial charge in [0.05, 0.1) is 36.3 Å². The highest BCUT2D eigenvalue weighted by molar-refractivity contribution is 7.85. The maximum atomic E-state index is 11.3. The molecule has 1 atom stereocenters. The molecule has 0 radical (unpaired) electrons. The Morgan fingerprint density at radius 1 is 1.12 bits per heavy atom. The second-order valence-corrected chi connectivity index (χ2v) is 8.32. The molecule has 0 fully saturated rings. The summed E-state index contributed by atoms with van der Waals surface area (Å²) in [5, 5.41) is 0. The Bertz CT molecular complexity index is 482. The van der Waals surface area contributed by atoms with Crippen LogP contribution in [0.25, 0.3) is 0 Å². The van der Waals surface area contributed by atoms with Crippen LogP contribution in [0.4, 0.5) is 0 Å². The van der Waals surface area contributed by atoms with Crippen LogP contribution in [-0.4, -0.2) is 61.5 Å². The third-order valence-corrected chi connectivity index (χ3v) is 5.28. The van der Waals surface area contributed by atoms with Crippen molar-refractivity contribution < 1.29 is 27.0 Å². The molecule has 6 nitrogen and oxygen atoms in total. The Morgan fingerprint density at radius 3 is 2.08 bits per heavy atom. The topological polar surface area (TPSA) is 83.5 Å². The average molecular weight is 378 g/mol. The van der Waals surface area contributed by atoms with Crippen LogP contribution in [0.3, 0.4) is 0 Å². The van der Waals surface area contributed by atoms with E-state index in [-0.39, 0.29) is 11.9 Å². The molecule has 0 saturated heterocycles. The van der Waals surface area contributed by atoms with Crippen LogP contribution in [0.2, 0.25) is 0 Å². The van der Waals surface area contributed by atoms with Gasteiger partial charge >= 0.3 is 5.97 Å². The molecule has 0 heterocycles. The van der Waals surface area contributed by atoms with Gasteiger partial charge < -0.3 is 13.8 Å². The first-order valence-corrected chi connectivity index (χ1v) is 10.9. The fraction of sp³-hybridized carbons (Fsp3) is 0.833. The van der Waals surface area contributed by atoms with E-state index >= 15 is 0 Å². The van der Waals surface area contributed by atoms with E-state index in [1.54, 1.807) is 0 Å². The summed E-state index contributed by atoms with van der Waals surface area (Å²) in [6.07, 6.45) is 6.25. The van der Waals surface area contributed by atoms with Crippen molar-refractivity contribution in [3.63, 3.8) is 0 Å². The first kappa shape index (κ1) is 24.1. The zero-order valence-corrected chi connectivity index (χ0v) is 16.9. The van der Waals surface area contributed by atoms with Gasteiger partial charge in [0.25, 0.3) is 0 Å². The maximum absolute atomic E-state index is 11.3. The van der Waals surface area contributed by atoms with Crippen LogP contribution in [0.15, 0.2) is 12.7 Å². The Hall–Kier alpha value is -0.920. The van der Waals surface area contributed by atoms with E-state index in [9.17, 15) is 17.8 Å². The van der Waals surface area contributed by atoms with Gasteiger partial charge in [0.2, 0.25) is 0 Å². The van der Waals surface area contributed by atoms with Crippen LogP contribution in [0.1, 0.15) is 59.3 Å². The Morgan fingerprint density at radius 2 is 1.64 bits per heavy atom. The number of nitrogens with zero attached hydrogens (tertiary/aromatic N) is 1. The number of hydrogen-bond donors (Lipinski definition) is 0. The third-order valence-electron chi connectivity index (χ3n) is 4.49. The molecule has 0 bridgehead atoms. The summed E-state index contributed by atoms with van der Waals surface area (Å²) in [6, 6.07) is 0. The summed E-state index contributed by atoms with van der Waals surface area (Å²) in [4.78, 5) is 11.3. The molecule has 0 aliphatic carbocycles. The fourth-order valence-electron chi connectivity index (χ4n) is 3.00. The summed E-state index contributed by atoms with van der Waals surface area (Å²) in [5.74, 6) is -0.739. The number of carbonyl (C=O) groups excluding carboxylic acids is 1. The normalized spacial score (nSPS) is 13.4. The largest absolute Gasteiger partial charge is 0.748 e. The molecule has 7 heteroatoms. The highest BCUT2D eigenvalue weighted by Gasteiger charge is 2.27. The van der Waals surface area contributed by atoms with Crippen LogP contribution in [-0.2, 0) is 19.6 Å². The van der Waals surface area contributed by atoms with Gasteiger partial charge in [-0.1, -0.05) is 33.3 Å².